The lowest BCUT2D eigenvalue weighted by Crippen LogP contribution is -2.30. The Hall–Kier alpha value is -2.39. The fourth-order valence-corrected chi connectivity index (χ4v) is 4.80. The third-order valence-corrected chi connectivity index (χ3v) is 6.33. The molecule has 2 aliphatic rings. The molecule has 0 fully saturated rings. The van der Waals surface area contributed by atoms with Crippen LogP contribution in [0.5, 0.6) is 0 Å². The van der Waals surface area contributed by atoms with Crippen molar-refractivity contribution in [3.05, 3.63) is 77.2 Å². The third-order valence-electron chi connectivity index (χ3n) is 6.33. The van der Waals surface area contributed by atoms with E-state index >= 15 is 0 Å². The van der Waals surface area contributed by atoms with Crippen LogP contribution in [0.3, 0.4) is 0 Å². The Kier molecular flexibility index (Phi) is 4.33. The maximum atomic E-state index is 13.6. The Labute approximate surface area is 159 Å². The molecular weight excluding hydrogens is 335 g/mol. The normalized spacial score (nSPS) is 20.0. The van der Waals surface area contributed by atoms with E-state index in [-0.39, 0.29) is 5.82 Å². The molecule has 0 saturated heterocycles. The van der Waals surface area contributed by atoms with Gasteiger partial charge in [-0.3, -0.25) is 4.90 Å². The van der Waals surface area contributed by atoms with E-state index in [9.17, 15) is 4.39 Å². The van der Waals surface area contributed by atoms with Gasteiger partial charge in [-0.25, -0.2) is 4.39 Å². The zero-order valence-electron chi connectivity index (χ0n) is 15.5. The first-order chi connectivity index (χ1) is 13.3. The van der Waals surface area contributed by atoms with E-state index in [0.29, 0.717) is 0 Å². The van der Waals surface area contributed by atoms with E-state index in [4.69, 9.17) is 0 Å². The molecule has 27 heavy (non-hydrogen) atoms. The summed E-state index contributed by atoms with van der Waals surface area (Å²) in [6.07, 6.45) is 9.18. The molecule has 3 heteroatoms. The molecule has 2 nitrogen and oxygen atoms in total. The highest BCUT2D eigenvalue weighted by Crippen LogP contribution is 2.36. The van der Waals surface area contributed by atoms with Crippen molar-refractivity contribution in [2.75, 3.05) is 19.6 Å². The van der Waals surface area contributed by atoms with Gasteiger partial charge in [-0.1, -0.05) is 30.3 Å². The average molecular weight is 360 g/mol. The van der Waals surface area contributed by atoms with Crippen LogP contribution >= 0.6 is 0 Å². The molecule has 3 aromatic rings. The number of nitrogens with zero attached hydrogens (tertiary/aromatic N) is 1. The van der Waals surface area contributed by atoms with Crippen molar-refractivity contribution >= 4 is 16.5 Å². The number of benzene rings is 2. The Morgan fingerprint density at radius 3 is 2.93 bits per heavy atom. The minimum absolute atomic E-state index is 0.168. The number of aromatic nitrogens is 1. The van der Waals surface area contributed by atoms with Gasteiger partial charge in [0.15, 0.2) is 0 Å². The van der Waals surface area contributed by atoms with Crippen molar-refractivity contribution in [2.45, 2.75) is 31.6 Å². The zero-order chi connectivity index (χ0) is 18.2. The molecule has 1 N–H and O–H groups in total. The first-order valence-corrected chi connectivity index (χ1v) is 10.0. The van der Waals surface area contributed by atoms with Crippen LogP contribution in [-0.4, -0.2) is 29.5 Å². The van der Waals surface area contributed by atoms with E-state index in [0.717, 1.165) is 48.4 Å². The molecule has 0 bridgehead atoms. The summed E-state index contributed by atoms with van der Waals surface area (Å²) >= 11 is 0. The lowest BCUT2D eigenvalue weighted by atomic mass is 9.96. The van der Waals surface area contributed by atoms with Crippen LogP contribution in [0.25, 0.3) is 16.5 Å². The van der Waals surface area contributed by atoms with Crippen LogP contribution in [0.1, 0.15) is 41.9 Å². The molecule has 5 rings (SSSR count). The molecule has 1 aliphatic carbocycles. The Morgan fingerprint density at radius 1 is 1.11 bits per heavy atom. The second-order valence-electron chi connectivity index (χ2n) is 7.90. The van der Waals surface area contributed by atoms with Crippen molar-refractivity contribution < 1.29 is 4.39 Å². The van der Waals surface area contributed by atoms with Crippen LogP contribution < -0.4 is 0 Å². The van der Waals surface area contributed by atoms with Gasteiger partial charge < -0.3 is 4.98 Å². The summed E-state index contributed by atoms with van der Waals surface area (Å²) in [5.74, 6) is 0.557. The van der Waals surface area contributed by atoms with Crippen molar-refractivity contribution in [1.82, 2.24) is 9.88 Å². The highest BCUT2D eigenvalue weighted by molar-refractivity contribution is 5.92. The topological polar surface area (TPSA) is 19.0 Å². The van der Waals surface area contributed by atoms with Crippen LogP contribution in [0, 0.1) is 5.82 Å². The van der Waals surface area contributed by atoms with Crippen molar-refractivity contribution in [3.8, 4) is 0 Å². The lowest BCUT2D eigenvalue weighted by Gasteiger charge is -2.27. The molecule has 0 spiro atoms. The van der Waals surface area contributed by atoms with Crippen molar-refractivity contribution in [1.29, 1.82) is 0 Å². The molecule has 2 heterocycles. The summed E-state index contributed by atoms with van der Waals surface area (Å²) in [6.45, 7) is 3.24. The number of nitrogens with one attached hydrogen (secondary N) is 1. The standard InChI is InChI=1S/C24H25FN2/c25-20-7-8-24-22(15-20)23(16-26-24)19-10-13-27(14-11-19)12-9-18-6-5-17-3-1-2-4-21(17)18/h1-4,7-8,10,15-16,18,26H,5-6,9,11-14H2. The number of H-pyrrole nitrogens is 1. The molecule has 1 atom stereocenters. The number of rotatable bonds is 4. The van der Waals surface area contributed by atoms with Gasteiger partial charge in [-0.05, 0) is 73.0 Å². The van der Waals surface area contributed by atoms with Crippen molar-refractivity contribution in [2.24, 2.45) is 0 Å². The number of halogens is 1. The monoisotopic (exact) mass is 360 g/mol. The SMILES string of the molecule is Fc1ccc2[nH]cc(C3=CCN(CCC4CCc5ccccc54)CC3)c2c1. The molecule has 0 radical (unpaired) electrons. The van der Waals surface area contributed by atoms with Gasteiger partial charge in [0.05, 0.1) is 0 Å². The summed E-state index contributed by atoms with van der Waals surface area (Å²) in [7, 11) is 0. The molecule has 2 aromatic carbocycles. The predicted molar refractivity (Wildman–Crippen MR) is 109 cm³/mol. The fourth-order valence-electron chi connectivity index (χ4n) is 4.80. The first kappa shape index (κ1) is 16.8. The van der Waals surface area contributed by atoms with Crippen LogP contribution in [-0.2, 0) is 6.42 Å². The molecule has 1 aliphatic heterocycles. The Bertz CT molecular complexity index is 1000. The van der Waals surface area contributed by atoms with Gasteiger partial charge in [0.1, 0.15) is 5.82 Å². The summed E-state index contributed by atoms with van der Waals surface area (Å²) in [6, 6.07) is 13.9. The number of aryl methyl sites for hydroxylation is 1. The summed E-state index contributed by atoms with van der Waals surface area (Å²) < 4.78 is 13.6. The Morgan fingerprint density at radius 2 is 2.04 bits per heavy atom. The minimum Gasteiger partial charge on any atom is -0.361 e. The molecular formula is C24H25FN2. The largest absolute Gasteiger partial charge is 0.361 e. The van der Waals surface area contributed by atoms with Gasteiger partial charge in [0.2, 0.25) is 0 Å². The molecule has 138 valence electrons. The first-order valence-electron chi connectivity index (χ1n) is 10.0. The average Bonchev–Trinajstić information content (AvgIpc) is 3.30. The van der Waals surface area contributed by atoms with Crippen LogP contribution in [0.2, 0.25) is 0 Å². The van der Waals surface area contributed by atoms with Gasteiger partial charge in [0, 0.05) is 35.8 Å². The van der Waals surface area contributed by atoms with Gasteiger partial charge in [-0.2, -0.15) is 0 Å². The van der Waals surface area contributed by atoms with Gasteiger partial charge in [-0.15, -0.1) is 0 Å². The summed E-state index contributed by atoms with van der Waals surface area (Å²) in [5.41, 5.74) is 6.64. The highest BCUT2D eigenvalue weighted by Gasteiger charge is 2.23. The minimum atomic E-state index is -0.168. The number of fused-ring (bicyclic) bond motifs is 2. The summed E-state index contributed by atoms with van der Waals surface area (Å²) in [4.78, 5) is 5.83. The van der Waals surface area contributed by atoms with Crippen LogP contribution in [0.15, 0.2) is 54.7 Å². The number of aromatic amines is 1. The van der Waals surface area contributed by atoms with E-state index in [1.165, 1.54) is 30.9 Å². The summed E-state index contributed by atoms with van der Waals surface area (Å²) in [5, 5.41) is 0.997. The maximum absolute atomic E-state index is 13.6. The smallest absolute Gasteiger partial charge is 0.123 e. The second kappa shape index (κ2) is 6.97. The molecule has 0 amide bonds. The quantitative estimate of drug-likeness (QED) is 0.649. The van der Waals surface area contributed by atoms with E-state index < -0.39 is 0 Å². The fraction of sp³-hybridized carbons (Fsp3) is 0.333. The van der Waals surface area contributed by atoms with Gasteiger partial charge in [0.25, 0.3) is 0 Å². The van der Waals surface area contributed by atoms with Crippen LogP contribution in [0.4, 0.5) is 4.39 Å². The van der Waals surface area contributed by atoms with Gasteiger partial charge >= 0.3 is 0 Å². The maximum Gasteiger partial charge on any atom is 0.123 e. The third kappa shape index (κ3) is 3.21. The Balaban J connectivity index is 1.24. The second-order valence-corrected chi connectivity index (χ2v) is 7.90. The molecule has 1 aromatic heterocycles. The zero-order valence-corrected chi connectivity index (χ0v) is 15.5. The van der Waals surface area contributed by atoms with Crippen molar-refractivity contribution in [3.63, 3.8) is 0 Å². The lowest BCUT2D eigenvalue weighted by molar-refractivity contribution is 0.288. The number of hydrogen-bond donors (Lipinski definition) is 1. The predicted octanol–water partition coefficient (Wildman–Crippen LogP) is 5.52. The van der Waals surface area contributed by atoms with E-state index in [2.05, 4.69) is 40.2 Å². The van der Waals surface area contributed by atoms with E-state index in [1.807, 2.05) is 12.3 Å². The van der Waals surface area contributed by atoms with E-state index in [1.54, 1.807) is 17.2 Å². The number of hydrogen-bond acceptors (Lipinski definition) is 1. The highest BCUT2D eigenvalue weighted by atomic mass is 19.1. The molecule has 1 unspecified atom stereocenters. The molecule has 0 saturated carbocycles.